The Morgan fingerprint density at radius 3 is 2.45 bits per heavy atom. The number of benzene rings is 2. The Labute approximate surface area is 199 Å². The van der Waals surface area contributed by atoms with Crippen LogP contribution in [0.1, 0.15) is 25.0 Å². The largest absolute Gasteiger partial charge is 0.469 e. The molecule has 1 heterocycles. The number of thioether (sulfide) groups is 1. The maximum Gasteiger partial charge on any atom is 0.310 e. The highest BCUT2D eigenvalue weighted by molar-refractivity contribution is 7.99. The summed E-state index contributed by atoms with van der Waals surface area (Å²) in [5.41, 5.74) is 3.16. The second-order valence-corrected chi connectivity index (χ2v) is 8.78. The quantitative estimate of drug-likeness (QED) is 0.329. The van der Waals surface area contributed by atoms with Crippen LogP contribution in [-0.4, -0.2) is 50.9 Å². The maximum atomic E-state index is 13.2. The number of methoxy groups -OCH3 is 1. The number of amides is 1. The Balaban J connectivity index is 1.75. The number of aryl methyl sites for hydroxylation is 1. The molecule has 0 saturated heterocycles. The molecule has 1 unspecified atom stereocenters. The van der Waals surface area contributed by atoms with E-state index in [1.54, 1.807) is 11.8 Å². The van der Waals surface area contributed by atoms with Gasteiger partial charge in [-0.25, -0.2) is 0 Å². The molecular formula is C25H30N4O3S. The van der Waals surface area contributed by atoms with Crippen molar-refractivity contribution in [3.05, 3.63) is 65.7 Å². The molecule has 0 spiro atoms. The highest BCUT2D eigenvalue weighted by Gasteiger charge is 2.23. The molecule has 33 heavy (non-hydrogen) atoms. The second kappa shape index (κ2) is 11.7. The average molecular weight is 467 g/mol. The van der Waals surface area contributed by atoms with E-state index in [0.717, 1.165) is 22.5 Å². The highest BCUT2D eigenvalue weighted by Crippen LogP contribution is 2.26. The van der Waals surface area contributed by atoms with Crippen molar-refractivity contribution < 1.29 is 14.3 Å². The standard InChI is InChI=1S/C25H30N4O3S/c1-5-29-23(21-14-10-9-11-18(21)2)26-27-25(29)33-17-22(30)28(15-19(3)24(31)32-4)16-20-12-7-6-8-13-20/h6-14,19H,5,15-17H2,1-4H3. The van der Waals surface area contributed by atoms with Crippen molar-refractivity contribution >= 4 is 23.6 Å². The van der Waals surface area contributed by atoms with Crippen LogP contribution < -0.4 is 0 Å². The van der Waals surface area contributed by atoms with Crippen LogP contribution in [0.3, 0.4) is 0 Å². The van der Waals surface area contributed by atoms with Crippen LogP contribution in [0, 0.1) is 12.8 Å². The number of ether oxygens (including phenoxy) is 1. The zero-order chi connectivity index (χ0) is 23.8. The summed E-state index contributed by atoms with van der Waals surface area (Å²) in [6.45, 7) is 7.26. The van der Waals surface area contributed by atoms with E-state index < -0.39 is 5.92 Å². The van der Waals surface area contributed by atoms with Gasteiger partial charge in [0.05, 0.1) is 18.8 Å². The predicted molar refractivity (Wildman–Crippen MR) is 130 cm³/mol. The van der Waals surface area contributed by atoms with Gasteiger partial charge in [0.1, 0.15) is 0 Å². The minimum Gasteiger partial charge on any atom is -0.469 e. The van der Waals surface area contributed by atoms with Crippen molar-refractivity contribution in [2.24, 2.45) is 5.92 Å². The average Bonchev–Trinajstić information content (AvgIpc) is 3.25. The Bertz CT molecular complexity index is 1080. The van der Waals surface area contributed by atoms with Crippen molar-refractivity contribution in [3.8, 4) is 11.4 Å². The van der Waals surface area contributed by atoms with Crippen molar-refractivity contribution in [1.82, 2.24) is 19.7 Å². The van der Waals surface area contributed by atoms with E-state index in [1.807, 2.05) is 73.0 Å². The number of hydrogen-bond donors (Lipinski definition) is 0. The third-order valence-corrected chi connectivity index (χ3v) is 6.36. The Hall–Kier alpha value is -3.13. The molecule has 3 aromatic rings. The molecule has 0 aliphatic carbocycles. The predicted octanol–water partition coefficient (Wildman–Crippen LogP) is 4.20. The normalized spacial score (nSPS) is 11.8. The number of hydrogen-bond acceptors (Lipinski definition) is 6. The zero-order valence-corrected chi connectivity index (χ0v) is 20.3. The van der Waals surface area contributed by atoms with Crippen molar-refractivity contribution in [2.45, 2.75) is 39.0 Å². The van der Waals surface area contributed by atoms with Gasteiger partial charge in [0.2, 0.25) is 5.91 Å². The SMILES string of the molecule is CCn1c(SCC(=O)N(Cc2ccccc2)CC(C)C(=O)OC)nnc1-c1ccccc1C. The molecule has 1 amide bonds. The third kappa shape index (κ3) is 6.22. The van der Waals surface area contributed by atoms with Crippen LogP contribution in [0.4, 0.5) is 0 Å². The molecule has 0 saturated carbocycles. The minimum absolute atomic E-state index is 0.0669. The Kier molecular flexibility index (Phi) is 8.65. The first-order valence-electron chi connectivity index (χ1n) is 11.0. The molecule has 1 aromatic heterocycles. The van der Waals surface area contributed by atoms with Gasteiger partial charge in [-0.15, -0.1) is 10.2 Å². The van der Waals surface area contributed by atoms with Crippen molar-refractivity contribution in [1.29, 1.82) is 0 Å². The number of carbonyl (C=O) groups is 2. The molecule has 1 atom stereocenters. The fourth-order valence-electron chi connectivity index (χ4n) is 3.59. The van der Waals surface area contributed by atoms with Crippen LogP contribution in [0.2, 0.25) is 0 Å². The number of rotatable bonds is 10. The lowest BCUT2D eigenvalue weighted by Crippen LogP contribution is -2.37. The van der Waals surface area contributed by atoms with Crippen LogP contribution in [0.25, 0.3) is 11.4 Å². The van der Waals surface area contributed by atoms with Gasteiger partial charge in [0.15, 0.2) is 11.0 Å². The summed E-state index contributed by atoms with van der Waals surface area (Å²) in [7, 11) is 1.36. The lowest BCUT2D eigenvalue weighted by Gasteiger charge is -2.25. The molecular weight excluding hydrogens is 436 g/mol. The summed E-state index contributed by atoms with van der Waals surface area (Å²) >= 11 is 1.36. The van der Waals surface area contributed by atoms with E-state index in [-0.39, 0.29) is 24.2 Å². The highest BCUT2D eigenvalue weighted by atomic mass is 32.2. The molecule has 7 nitrogen and oxygen atoms in total. The lowest BCUT2D eigenvalue weighted by atomic mass is 10.1. The fourth-order valence-corrected chi connectivity index (χ4v) is 4.49. The molecule has 0 aliphatic rings. The van der Waals surface area contributed by atoms with Crippen molar-refractivity contribution in [3.63, 3.8) is 0 Å². The molecule has 0 radical (unpaired) electrons. The Morgan fingerprint density at radius 1 is 1.09 bits per heavy atom. The molecule has 8 heteroatoms. The second-order valence-electron chi connectivity index (χ2n) is 7.84. The van der Waals surface area contributed by atoms with E-state index in [2.05, 4.69) is 10.2 Å². The topological polar surface area (TPSA) is 77.3 Å². The lowest BCUT2D eigenvalue weighted by molar-refractivity contribution is -0.146. The van der Waals surface area contributed by atoms with Crippen LogP contribution in [0.15, 0.2) is 59.8 Å². The summed E-state index contributed by atoms with van der Waals surface area (Å²) in [6, 6.07) is 17.8. The van der Waals surface area contributed by atoms with Gasteiger partial charge < -0.3 is 14.2 Å². The van der Waals surface area contributed by atoms with E-state index >= 15 is 0 Å². The van der Waals surface area contributed by atoms with Gasteiger partial charge in [-0.1, -0.05) is 73.3 Å². The molecule has 0 N–H and O–H groups in total. The van der Waals surface area contributed by atoms with E-state index in [9.17, 15) is 9.59 Å². The van der Waals surface area contributed by atoms with Gasteiger partial charge >= 0.3 is 5.97 Å². The summed E-state index contributed by atoms with van der Waals surface area (Å²) in [5.74, 6) is 0.183. The van der Waals surface area contributed by atoms with Crippen LogP contribution in [0.5, 0.6) is 0 Å². The first kappa shape index (κ1) is 24.5. The smallest absolute Gasteiger partial charge is 0.310 e. The first-order chi connectivity index (χ1) is 15.9. The van der Waals surface area contributed by atoms with Gasteiger partial charge in [0, 0.05) is 25.2 Å². The van der Waals surface area contributed by atoms with Gasteiger partial charge in [-0.3, -0.25) is 9.59 Å². The maximum absolute atomic E-state index is 13.2. The summed E-state index contributed by atoms with van der Waals surface area (Å²) in [5, 5.41) is 9.45. The third-order valence-electron chi connectivity index (χ3n) is 5.41. The number of carbonyl (C=O) groups excluding carboxylic acids is 2. The van der Waals surface area contributed by atoms with Gasteiger partial charge in [-0.2, -0.15) is 0 Å². The zero-order valence-electron chi connectivity index (χ0n) is 19.5. The molecule has 0 fully saturated rings. The van der Waals surface area contributed by atoms with E-state index in [4.69, 9.17) is 4.74 Å². The number of aromatic nitrogens is 3. The molecule has 174 valence electrons. The summed E-state index contributed by atoms with van der Waals surface area (Å²) in [6.07, 6.45) is 0. The van der Waals surface area contributed by atoms with E-state index in [0.29, 0.717) is 18.2 Å². The molecule has 2 aromatic carbocycles. The Morgan fingerprint density at radius 2 is 1.79 bits per heavy atom. The van der Waals surface area contributed by atoms with Crippen molar-refractivity contribution in [2.75, 3.05) is 19.4 Å². The fraction of sp³-hybridized carbons (Fsp3) is 0.360. The molecule has 0 aliphatic heterocycles. The number of esters is 1. The van der Waals surface area contributed by atoms with Crippen LogP contribution >= 0.6 is 11.8 Å². The summed E-state index contributed by atoms with van der Waals surface area (Å²) in [4.78, 5) is 26.9. The molecule has 0 bridgehead atoms. The summed E-state index contributed by atoms with van der Waals surface area (Å²) < 4.78 is 6.88. The monoisotopic (exact) mass is 466 g/mol. The van der Waals surface area contributed by atoms with Gasteiger partial charge in [-0.05, 0) is 25.0 Å². The van der Waals surface area contributed by atoms with E-state index in [1.165, 1.54) is 18.9 Å². The van der Waals surface area contributed by atoms with Crippen LogP contribution in [-0.2, 0) is 27.4 Å². The first-order valence-corrected chi connectivity index (χ1v) is 11.9. The minimum atomic E-state index is -0.417. The number of nitrogens with zero attached hydrogens (tertiary/aromatic N) is 4. The molecule has 3 rings (SSSR count). The van der Waals surface area contributed by atoms with Gasteiger partial charge in [0.25, 0.3) is 0 Å².